The van der Waals surface area contributed by atoms with E-state index >= 15 is 0 Å². The van der Waals surface area contributed by atoms with Crippen LogP contribution in [0.5, 0.6) is 0 Å². The van der Waals surface area contributed by atoms with Crippen LogP contribution in [0.3, 0.4) is 0 Å². The average Bonchev–Trinajstić information content (AvgIpc) is 2.29. The number of benzene rings is 1. The van der Waals surface area contributed by atoms with E-state index < -0.39 is 5.97 Å². The topological polar surface area (TPSA) is 37.3 Å². The summed E-state index contributed by atoms with van der Waals surface area (Å²) in [6.07, 6.45) is 5.52. The van der Waals surface area contributed by atoms with Gasteiger partial charge < -0.3 is 5.11 Å². The summed E-state index contributed by atoms with van der Waals surface area (Å²) < 4.78 is 0. The summed E-state index contributed by atoms with van der Waals surface area (Å²) in [4.78, 5) is 10.9. The molecule has 1 aromatic carbocycles. The van der Waals surface area contributed by atoms with Crippen LogP contribution >= 0.6 is 0 Å². The Kier molecular flexibility index (Phi) is 5.03. The highest BCUT2D eigenvalue weighted by Gasteiger charge is 2.07. The number of rotatable bonds is 6. The maximum atomic E-state index is 10.9. The molecule has 0 saturated carbocycles. The van der Waals surface area contributed by atoms with Gasteiger partial charge in [-0.2, -0.15) is 0 Å². The van der Waals surface area contributed by atoms with Crippen molar-refractivity contribution in [1.82, 2.24) is 0 Å². The fourth-order valence-electron chi connectivity index (χ4n) is 1.90. The van der Waals surface area contributed by atoms with Gasteiger partial charge in [-0.25, -0.2) is 4.79 Å². The normalized spacial score (nSPS) is 10.4. The number of aryl methyl sites for hydroxylation is 2. The van der Waals surface area contributed by atoms with E-state index in [1.54, 1.807) is 6.07 Å². The zero-order chi connectivity index (χ0) is 12.0. The van der Waals surface area contributed by atoms with Gasteiger partial charge in [0.15, 0.2) is 0 Å². The van der Waals surface area contributed by atoms with E-state index in [9.17, 15) is 4.79 Å². The lowest BCUT2D eigenvalue weighted by Crippen LogP contribution is -2.01. The third kappa shape index (κ3) is 3.37. The van der Waals surface area contributed by atoms with E-state index in [4.69, 9.17) is 5.11 Å². The average molecular weight is 220 g/mol. The number of hydrogen-bond donors (Lipinski definition) is 1. The van der Waals surface area contributed by atoms with Gasteiger partial charge in [0.1, 0.15) is 0 Å². The molecule has 0 saturated heterocycles. The highest BCUT2D eigenvalue weighted by molar-refractivity contribution is 5.87. The minimum atomic E-state index is -0.834. The van der Waals surface area contributed by atoms with Crippen LogP contribution in [0.25, 0.3) is 0 Å². The monoisotopic (exact) mass is 220 g/mol. The molecule has 0 spiro atoms. The minimum absolute atomic E-state index is 0.406. The van der Waals surface area contributed by atoms with Crippen molar-refractivity contribution in [2.24, 2.45) is 0 Å². The van der Waals surface area contributed by atoms with Gasteiger partial charge >= 0.3 is 5.97 Å². The number of carbonyl (C=O) groups is 1. The fourth-order valence-corrected chi connectivity index (χ4v) is 1.90. The Bertz CT molecular complexity index is 356. The molecule has 0 aliphatic rings. The molecule has 1 rings (SSSR count). The Morgan fingerprint density at radius 3 is 2.50 bits per heavy atom. The quantitative estimate of drug-likeness (QED) is 0.742. The first-order chi connectivity index (χ1) is 7.69. The lowest BCUT2D eigenvalue weighted by molar-refractivity contribution is 0.0696. The second kappa shape index (κ2) is 6.31. The van der Waals surface area contributed by atoms with Crippen molar-refractivity contribution in [2.75, 3.05) is 0 Å². The highest BCUT2D eigenvalue weighted by atomic mass is 16.4. The predicted molar refractivity (Wildman–Crippen MR) is 66.0 cm³/mol. The Hall–Kier alpha value is -1.31. The summed E-state index contributed by atoms with van der Waals surface area (Å²) in [5, 5.41) is 8.94. The van der Waals surface area contributed by atoms with Crippen molar-refractivity contribution < 1.29 is 9.90 Å². The van der Waals surface area contributed by atoms with Gasteiger partial charge in [0.05, 0.1) is 5.56 Å². The van der Waals surface area contributed by atoms with E-state index in [-0.39, 0.29) is 0 Å². The van der Waals surface area contributed by atoms with Crippen molar-refractivity contribution in [1.29, 1.82) is 0 Å². The maximum absolute atomic E-state index is 10.9. The van der Waals surface area contributed by atoms with E-state index in [1.165, 1.54) is 24.0 Å². The summed E-state index contributed by atoms with van der Waals surface area (Å²) >= 11 is 0. The Labute approximate surface area is 97.3 Å². The molecule has 0 unspecified atom stereocenters. The summed E-state index contributed by atoms with van der Waals surface area (Å²) in [6.45, 7) is 4.29. The zero-order valence-corrected chi connectivity index (χ0v) is 10.1. The number of carboxylic acids is 1. The molecule has 16 heavy (non-hydrogen) atoms. The summed E-state index contributed by atoms with van der Waals surface area (Å²) in [5.41, 5.74) is 2.89. The summed E-state index contributed by atoms with van der Waals surface area (Å²) in [7, 11) is 0. The first kappa shape index (κ1) is 12.8. The van der Waals surface area contributed by atoms with Gasteiger partial charge in [0.25, 0.3) is 0 Å². The summed E-state index contributed by atoms with van der Waals surface area (Å²) in [6, 6.07) is 5.48. The number of carboxylic acid groups (broad SMARTS) is 1. The molecule has 0 aliphatic carbocycles. The number of aromatic carboxylic acids is 1. The van der Waals surface area contributed by atoms with E-state index in [0.29, 0.717) is 5.56 Å². The standard InChI is InChI=1S/C14H20O2/c1-3-5-6-7-12-10-13(14(15)16)9-8-11(12)4-2/h8-10H,3-7H2,1-2H3,(H,15,16). The zero-order valence-electron chi connectivity index (χ0n) is 10.1. The van der Waals surface area contributed by atoms with Crippen LogP contribution < -0.4 is 0 Å². The lowest BCUT2D eigenvalue weighted by Gasteiger charge is -2.08. The third-order valence-corrected chi connectivity index (χ3v) is 2.88. The Morgan fingerprint density at radius 2 is 1.94 bits per heavy atom. The molecule has 1 aromatic rings. The predicted octanol–water partition coefficient (Wildman–Crippen LogP) is 3.68. The molecule has 0 radical (unpaired) electrons. The molecule has 0 amide bonds. The van der Waals surface area contributed by atoms with Crippen LogP contribution in [0.4, 0.5) is 0 Å². The third-order valence-electron chi connectivity index (χ3n) is 2.88. The molecule has 88 valence electrons. The summed E-state index contributed by atoms with van der Waals surface area (Å²) in [5.74, 6) is -0.834. The van der Waals surface area contributed by atoms with Crippen molar-refractivity contribution in [3.8, 4) is 0 Å². The van der Waals surface area contributed by atoms with Gasteiger partial charge in [-0.1, -0.05) is 32.8 Å². The maximum Gasteiger partial charge on any atom is 0.335 e. The molecule has 1 N–H and O–H groups in total. The Balaban J connectivity index is 2.84. The molecule has 0 bridgehead atoms. The highest BCUT2D eigenvalue weighted by Crippen LogP contribution is 2.16. The van der Waals surface area contributed by atoms with Crippen LogP contribution in [0.1, 0.15) is 54.6 Å². The van der Waals surface area contributed by atoms with Crippen molar-refractivity contribution >= 4 is 5.97 Å². The van der Waals surface area contributed by atoms with Gasteiger partial charge in [0, 0.05) is 0 Å². The van der Waals surface area contributed by atoms with Gasteiger partial charge in [0.2, 0.25) is 0 Å². The molecule has 0 aliphatic heterocycles. The van der Waals surface area contributed by atoms with Gasteiger partial charge in [-0.3, -0.25) is 0 Å². The molecule has 2 heteroatoms. The SMILES string of the molecule is CCCCCc1cc(C(=O)O)ccc1CC. The molecule has 0 atom stereocenters. The fraction of sp³-hybridized carbons (Fsp3) is 0.500. The minimum Gasteiger partial charge on any atom is -0.478 e. The Morgan fingerprint density at radius 1 is 1.19 bits per heavy atom. The smallest absolute Gasteiger partial charge is 0.335 e. The molecular weight excluding hydrogens is 200 g/mol. The number of hydrogen-bond acceptors (Lipinski definition) is 1. The van der Waals surface area contributed by atoms with Crippen LogP contribution in [0, 0.1) is 0 Å². The van der Waals surface area contributed by atoms with Crippen LogP contribution in [0.2, 0.25) is 0 Å². The lowest BCUT2D eigenvalue weighted by atomic mass is 9.97. The molecule has 0 heterocycles. The molecule has 2 nitrogen and oxygen atoms in total. The molecule has 0 aromatic heterocycles. The van der Waals surface area contributed by atoms with Crippen LogP contribution in [-0.2, 0) is 12.8 Å². The van der Waals surface area contributed by atoms with Crippen molar-refractivity contribution in [3.63, 3.8) is 0 Å². The second-order valence-corrected chi connectivity index (χ2v) is 4.10. The second-order valence-electron chi connectivity index (χ2n) is 4.10. The first-order valence-electron chi connectivity index (χ1n) is 6.04. The van der Waals surface area contributed by atoms with Crippen LogP contribution in [-0.4, -0.2) is 11.1 Å². The van der Waals surface area contributed by atoms with Gasteiger partial charge in [-0.15, -0.1) is 0 Å². The van der Waals surface area contributed by atoms with E-state index in [2.05, 4.69) is 13.8 Å². The van der Waals surface area contributed by atoms with Crippen LogP contribution in [0.15, 0.2) is 18.2 Å². The first-order valence-corrected chi connectivity index (χ1v) is 6.04. The largest absolute Gasteiger partial charge is 0.478 e. The number of unbranched alkanes of at least 4 members (excludes halogenated alkanes) is 2. The van der Waals surface area contributed by atoms with E-state index in [1.807, 2.05) is 12.1 Å². The van der Waals surface area contributed by atoms with E-state index in [0.717, 1.165) is 19.3 Å². The van der Waals surface area contributed by atoms with Crippen molar-refractivity contribution in [3.05, 3.63) is 34.9 Å². The van der Waals surface area contributed by atoms with Gasteiger partial charge in [-0.05, 0) is 42.5 Å². The van der Waals surface area contributed by atoms with Crippen molar-refractivity contribution in [2.45, 2.75) is 46.0 Å². The molecular formula is C14H20O2. The molecule has 0 fully saturated rings.